The van der Waals surface area contributed by atoms with Gasteiger partial charge in [0.1, 0.15) is 34.5 Å². The quantitative estimate of drug-likeness (QED) is 0.0910. The Morgan fingerprint density at radius 1 is 0.190 bits per heavy atom. The van der Waals surface area contributed by atoms with Crippen molar-refractivity contribution in [2.75, 3.05) is 57.4 Å². The average Bonchev–Trinajstić information content (AvgIpc) is 1.52. The molecular formula is C93H63N3O9. The summed E-state index contributed by atoms with van der Waals surface area (Å²) in [5, 5.41) is 5.20. The molecule has 12 heteroatoms. The van der Waals surface area contributed by atoms with Crippen molar-refractivity contribution >= 4 is 116 Å². The maximum atomic E-state index is 15.5. The molecule has 0 fully saturated rings. The van der Waals surface area contributed by atoms with E-state index in [9.17, 15) is 0 Å². The summed E-state index contributed by atoms with van der Waals surface area (Å²) in [6.07, 6.45) is 0. The zero-order valence-corrected chi connectivity index (χ0v) is 58.0. The van der Waals surface area contributed by atoms with Crippen molar-refractivity contribution < 1.29 is 28.4 Å². The maximum absolute atomic E-state index is 15.5. The molecule has 16 aromatic rings. The molecule has 504 valence electrons. The number of nitrogens with zero attached hydrogens (tertiary/aromatic N) is 3. The van der Waals surface area contributed by atoms with Crippen molar-refractivity contribution in [1.29, 1.82) is 0 Å². The van der Waals surface area contributed by atoms with Gasteiger partial charge in [0.15, 0.2) is 16.3 Å². The molecule has 0 bridgehead atoms. The molecule has 105 heavy (non-hydrogen) atoms. The van der Waals surface area contributed by atoms with Crippen molar-refractivity contribution in [1.82, 2.24) is 0 Å². The van der Waals surface area contributed by atoms with Crippen LogP contribution >= 0.6 is 0 Å². The summed E-state index contributed by atoms with van der Waals surface area (Å²) in [6, 6.07) is 87.8. The largest absolute Gasteiger partial charge is 0.497 e. The van der Waals surface area contributed by atoms with Crippen molar-refractivity contribution in [2.45, 2.75) is 0 Å². The Hall–Kier alpha value is -14.3. The molecule has 0 saturated carbocycles. The second kappa shape index (κ2) is 27.7. The fourth-order valence-electron chi connectivity index (χ4n) is 14.0. The van der Waals surface area contributed by atoms with Gasteiger partial charge in [-0.3, -0.25) is 14.4 Å². The van der Waals surface area contributed by atoms with Crippen LogP contribution in [0.4, 0.5) is 51.2 Å². The summed E-state index contributed by atoms with van der Waals surface area (Å²) >= 11 is 0. The molecule has 0 saturated heterocycles. The molecule has 0 N–H and O–H groups in total. The smallest absolute Gasteiger partial charge is 0.194 e. The summed E-state index contributed by atoms with van der Waals surface area (Å²) < 4.78 is 32.9. The Morgan fingerprint density at radius 3 is 0.533 bits per heavy atom. The predicted molar refractivity (Wildman–Crippen MR) is 424 cm³/mol. The maximum Gasteiger partial charge on any atom is 0.194 e. The second-order valence-electron chi connectivity index (χ2n) is 25.1. The Morgan fingerprint density at radius 2 is 0.352 bits per heavy atom. The first-order chi connectivity index (χ1) is 51.5. The molecule has 16 rings (SSSR count). The Labute approximate surface area is 605 Å². The first-order valence-electron chi connectivity index (χ1n) is 33.9. The van der Waals surface area contributed by atoms with Crippen LogP contribution < -0.4 is 59.4 Å². The van der Waals surface area contributed by atoms with E-state index >= 15 is 14.4 Å². The van der Waals surface area contributed by atoms with Crippen LogP contribution in [-0.4, -0.2) is 42.7 Å². The van der Waals surface area contributed by atoms with Crippen LogP contribution in [0.3, 0.4) is 0 Å². The standard InChI is InChI=1S/C93H63N3O9/c1-100-73-40-28-67(29-41-73)94(68-30-42-74(101-2)43-31-68)64-22-13-58(14-23-64)7-10-61-19-52-79-82(55-61)85-88(91(79)97)86-84-57-63(12-9-60-17-26-66(27-18-60)96(71-36-48-77(104-5)49-37-71)72-38-50-78(105-6)51-39-72)21-54-81(84)93(99)90(86)87-83-56-62(20-53-80(83)92(98)89(85)87)11-8-59-15-24-65(25-16-59)95(69-32-44-75(102-3)45-33-69)70-34-46-76(103-4)47-35-70/h13-57H,1-6H3. The van der Waals surface area contributed by atoms with Crippen LogP contribution in [0.2, 0.25) is 0 Å². The topological polar surface area (TPSA) is 116 Å². The number of methoxy groups -OCH3 is 6. The minimum Gasteiger partial charge on any atom is -0.497 e. The van der Waals surface area contributed by atoms with E-state index < -0.39 is 0 Å². The highest BCUT2D eigenvalue weighted by Gasteiger charge is 2.28. The third kappa shape index (κ3) is 12.2. The Balaban J connectivity index is 0.807. The van der Waals surface area contributed by atoms with Gasteiger partial charge in [0.05, 0.1) is 42.7 Å². The minimum absolute atomic E-state index is 0.291. The van der Waals surface area contributed by atoms with Gasteiger partial charge >= 0.3 is 0 Å². The molecule has 0 spiro atoms. The van der Waals surface area contributed by atoms with Gasteiger partial charge in [0, 0.05) is 133 Å². The number of ether oxygens (including phenoxy) is 6. The van der Waals surface area contributed by atoms with Crippen LogP contribution in [0.1, 0.15) is 33.4 Å². The van der Waals surface area contributed by atoms with Gasteiger partial charge in [-0.15, -0.1) is 0 Å². The lowest BCUT2D eigenvalue weighted by Crippen LogP contribution is -2.09. The summed E-state index contributed by atoms with van der Waals surface area (Å²) in [5.41, 5.74) is 11.6. The molecule has 0 aliphatic rings. The van der Waals surface area contributed by atoms with E-state index in [1.807, 2.05) is 255 Å². The third-order valence-electron chi connectivity index (χ3n) is 19.2. The van der Waals surface area contributed by atoms with Crippen molar-refractivity contribution in [2.24, 2.45) is 0 Å². The number of benzene rings is 13. The van der Waals surface area contributed by atoms with E-state index in [-0.39, 0.29) is 16.3 Å². The fraction of sp³-hybridized carbons (Fsp3) is 0.0645. The van der Waals surface area contributed by atoms with Gasteiger partial charge < -0.3 is 43.1 Å². The van der Waals surface area contributed by atoms with Gasteiger partial charge in [-0.2, -0.15) is 0 Å². The molecular weight excluding hydrogens is 1300 g/mol. The monoisotopic (exact) mass is 1370 g/mol. The highest BCUT2D eigenvalue weighted by molar-refractivity contribution is 6.43. The number of hydrogen-bond donors (Lipinski definition) is 0. The Kier molecular flexibility index (Phi) is 17.2. The summed E-state index contributed by atoms with van der Waals surface area (Å²) in [7, 11) is 9.88. The van der Waals surface area contributed by atoms with E-state index in [1.54, 1.807) is 60.9 Å². The SMILES string of the molecule is COc1ccc(N(c2ccc(C#Cc3ccc4c(=O)c5c(c4c3)c3c(=O)c4ccc(C#Cc6ccc(N(c7ccc(OC)cc7)c7ccc(OC)cc7)cc6)cc4c3c3c(=O)c4ccc(C#Cc6ccc(N(c7ccc(OC)cc7)c7ccc(OC)cc7)cc6)cc4c53)cc2)c2ccc(OC)cc2)cc1. The average molecular weight is 1370 g/mol. The molecule has 0 atom stereocenters. The van der Waals surface area contributed by atoms with Crippen molar-refractivity contribution in [3.05, 3.63) is 337 Å². The minimum atomic E-state index is -0.291. The highest BCUT2D eigenvalue weighted by Crippen LogP contribution is 2.45. The Bertz CT molecular complexity index is 5580. The van der Waals surface area contributed by atoms with E-state index in [2.05, 4.69) is 50.2 Å². The van der Waals surface area contributed by atoms with Crippen LogP contribution in [0.25, 0.3) is 64.6 Å². The molecule has 0 radical (unpaired) electrons. The van der Waals surface area contributed by atoms with Crippen LogP contribution in [0.5, 0.6) is 34.5 Å². The summed E-state index contributed by atoms with van der Waals surface area (Å²) in [6.45, 7) is 0. The van der Waals surface area contributed by atoms with E-state index in [0.29, 0.717) is 81.3 Å². The van der Waals surface area contributed by atoms with Gasteiger partial charge in [-0.1, -0.05) is 35.5 Å². The predicted octanol–water partition coefficient (Wildman–Crippen LogP) is 19.7. The molecule has 0 unspecified atom stereocenters. The molecule has 0 aromatic heterocycles. The van der Waals surface area contributed by atoms with E-state index in [1.165, 1.54) is 0 Å². The first-order valence-corrected chi connectivity index (χ1v) is 33.9. The van der Waals surface area contributed by atoms with Gasteiger partial charge in [-0.05, 0) is 289 Å². The lowest BCUT2D eigenvalue weighted by Gasteiger charge is -2.25. The molecule has 0 aliphatic carbocycles. The summed E-state index contributed by atoms with van der Waals surface area (Å²) in [4.78, 5) is 52.9. The number of anilines is 9. The third-order valence-corrected chi connectivity index (χ3v) is 19.2. The van der Waals surface area contributed by atoms with Crippen LogP contribution in [-0.2, 0) is 0 Å². The highest BCUT2D eigenvalue weighted by atomic mass is 16.5. The molecule has 16 aromatic carbocycles. The molecule has 0 aliphatic heterocycles. The van der Waals surface area contributed by atoms with Gasteiger partial charge in [0.2, 0.25) is 0 Å². The normalized spacial score (nSPS) is 11.0. The summed E-state index contributed by atoms with van der Waals surface area (Å²) in [5.74, 6) is 24.7. The lowest BCUT2D eigenvalue weighted by atomic mass is 9.98. The van der Waals surface area contributed by atoms with Gasteiger partial charge in [0.25, 0.3) is 0 Å². The lowest BCUT2D eigenvalue weighted by molar-refractivity contribution is 0.414. The van der Waals surface area contributed by atoms with Crippen LogP contribution in [0, 0.1) is 35.5 Å². The van der Waals surface area contributed by atoms with E-state index in [4.69, 9.17) is 28.4 Å². The zero-order valence-electron chi connectivity index (χ0n) is 58.0. The fourth-order valence-corrected chi connectivity index (χ4v) is 14.0. The first kappa shape index (κ1) is 65.4. The van der Waals surface area contributed by atoms with Crippen molar-refractivity contribution in [3.63, 3.8) is 0 Å². The second-order valence-corrected chi connectivity index (χ2v) is 25.1. The zero-order chi connectivity index (χ0) is 71.8. The van der Waals surface area contributed by atoms with E-state index in [0.717, 1.165) is 102 Å². The molecule has 0 amide bonds. The van der Waals surface area contributed by atoms with Crippen molar-refractivity contribution in [3.8, 4) is 70.0 Å². The van der Waals surface area contributed by atoms with Gasteiger partial charge in [-0.25, -0.2) is 0 Å². The molecule has 0 heterocycles. The number of rotatable bonds is 15. The van der Waals surface area contributed by atoms with Crippen LogP contribution in [0.15, 0.2) is 287 Å². The number of hydrogen-bond acceptors (Lipinski definition) is 12. The molecule has 12 nitrogen and oxygen atoms in total. The number of fused-ring (bicyclic) bond motifs is 12.